The summed E-state index contributed by atoms with van der Waals surface area (Å²) in [6.45, 7) is 4.89. The number of hydrogen-bond acceptors (Lipinski definition) is 23. The number of benzene rings is 1. The number of carbonyl (C=O) groups excluding carboxylic acids is 6. The van der Waals surface area contributed by atoms with Crippen LogP contribution in [-0.4, -0.2) is 125 Å². The Hall–Kier alpha value is -8.17. The van der Waals surface area contributed by atoms with E-state index in [4.69, 9.17) is 29.7 Å². The van der Waals surface area contributed by atoms with Crippen LogP contribution in [0.4, 0.5) is 5.82 Å². The molecule has 454 valence electrons. The Morgan fingerprint density at radius 1 is 0.678 bits per heavy atom. The monoisotopic (exact) mass is 1300 g/mol. The standard InChI is InChI=1S/C56H57N13O12S6/c1-26(2)42-56-68-45(35(87-56)21-81-5)49(79)58-20-38(71)65-46(47(77)28-11-7-6-8-12-28)55-63-34(24-84-55)53-61-32(22-83-53)44-29(16-17-30(59-44)52-64-36(25-85-52)69(18-10-15-41(75)76)39(72)13-9-14-40(73)74)51-62-33(23-82-51)48(78)60-31(19-37(70)57-4)54-67-43(27(3)86-54)50(80)66-42/h6-8,11-12,16-17,22-26,31,42,46-47,77H,9-10,13-15,18-21H2,1-5H3,(H,57,70)(H,58,79)(H,60,78)(H,65,71)(H,66,80)(H,73,74)(H,75,76)/t31-,42-,46-,47-/m0/s1. The number of ether oxygens (including phenoxy) is 1. The van der Waals surface area contributed by atoms with Gasteiger partial charge in [0.1, 0.15) is 82.2 Å². The van der Waals surface area contributed by atoms with Crippen LogP contribution in [0.5, 0.6) is 0 Å². The number of fused-ring (bicyclic) bond motifs is 14. The number of methoxy groups -OCH3 is 1. The molecule has 9 rings (SSSR count). The van der Waals surface area contributed by atoms with Gasteiger partial charge >= 0.3 is 11.9 Å². The number of aromatic nitrogens is 7. The molecule has 8 aromatic rings. The first-order valence-electron chi connectivity index (χ1n) is 27.0. The largest absolute Gasteiger partial charge is 0.481 e. The molecule has 8 heterocycles. The van der Waals surface area contributed by atoms with E-state index in [1.54, 1.807) is 70.9 Å². The van der Waals surface area contributed by atoms with E-state index in [2.05, 4.69) is 36.6 Å². The Labute approximate surface area is 520 Å². The van der Waals surface area contributed by atoms with Gasteiger partial charge in [0, 0.05) is 71.9 Å². The van der Waals surface area contributed by atoms with Gasteiger partial charge < -0.3 is 46.6 Å². The molecular weight excluding hydrogens is 1240 g/mol. The van der Waals surface area contributed by atoms with Crippen LogP contribution in [0.3, 0.4) is 0 Å². The Bertz CT molecular complexity index is 3850. The van der Waals surface area contributed by atoms with Gasteiger partial charge in [0.2, 0.25) is 17.7 Å². The van der Waals surface area contributed by atoms with Gasteiger partial charge in [0.25, 0.3) is 17.7 Å². The smallest absolute Gasteiger partial charge is 0.303 e. The zero-order valence-electron chi connectivity index (χ0n) is 47.1. The number of rotatable bonds is 17. The van der Waals surface area contributed by atoms with Crippen molar-refractivity contribution < 1.29 is 58.4 Å². The second kappa shape index (κ2) is 28.6. The molecule has 6 amide bonds. The van der Waals surface area contributed by atoms with E-state index >= 15 is 0 Å². The van der Waals surface area contributed by atoms with Crippen molar-refractivity contribution in [2.45, 2.75) is 90.1 Å². The number of anilines is 1. The number of carbonyl (C=O) groups is 8. The van der Waals surface area contributed by atoms with Crippen LogP contribution in [0.2, 0.25) is 0 Å². The van der Waals surface area contributed by atoms with Crippen molar-refractivity contribution in [3.63, 3.8) is 0 Å². The zero-order chi connectivity index (χ0) is 62.1. The number of nitrogens with one attached hydrogen (secondary N) is 5. The molecule has 8 N–H and O–H groups in total. The third kappa shape index (κ3) is 15.3. The zero-order valence-corrected chi connectivity index (χ0v) is 52.0. The third-order valence-corrected chi connectivity index (χ3v) is 19.1. The highest BCUT2D eigenvalue weighted by atomic mass is 32.1. The molecule has 25 nitrogen and oxygen atoms in total. The van der Waals surface area contributed by atoms with E-state index in [9.17, 15) is 53.7 Å². The summed E-state index contributed by atoms with van der Waals surface area (Å²) in [4.78, 5) is 142. The molecule has 4 atom stereocenters. The number of carboxylic acid groups (broad SMARTS) is 2. The van der Waals surface area contributed by atoms with Gasteiger partial charge in [-0.25, -0.2) is 34.9 Å². The van der Waals surface area contributed by atoms with Gasteiger partial charge in [-0.2, -0.15) is 0 Å². The minimum Gasteiger partial charge on any atom is -0.481 e. The second-order valence-electron chi connectivity index (χ2n) is 19.9. The maximum atomic E-state index is 14.3. The normalized spacial score (nSPS) is 16.1. The Morgan fingerprint density at radius 2 is 1.37 bits per heavy atom. The fourth-order valence-corrected chi connectivity index (χ4v) is 14.5. The lowest BCUT2D eigenvalue weighted by molar-refractivity contribution is -0.138. The van der Waals surface area contributed by atoms with Crippen LogP contribution in [0.15, 0.2) is 64.0 Å². The van der Waals surface area contributed by atoms with E-state index in [-0.39, 0.29) is 85.5 Å². The molecule has 7 aromatic heterocycles. The van der Waals surface area contributed by atoms with Crippen molar-refractivity contribution in [1.29, 1.82) is 0 Å². The van der Waals surface area contributed by atoms with Gasteiger partial charge in [0.15, 0.2) is 0 Å². The number of nitrogens with zero attached hydrogens (tertiary/aromatic N) is 8. The fourth-order valence-electron chi connectivity index (χ4n) is 8.98. The lowest BCUT2D eigenvalue weighted by atomic mass is 10.0. The van der Waals surface area contributed by atoms with Crippen LogP contribution in [0, 0.1) is 12.8 Å². The molecule has 0 spiro atoms. The molecule has 1 aromatic carbocycles. The predicted molar refractivity (Wildman–Crippen MR) is 328 cm³/mol. The first-order chi connectivity index (χ1) is 41.8. The topological polar surface area (TPSA) is 360 Å². The van der Waals surface area contributed by atoms with Crippen LogP contribution >= 0.6 is 68.0 Å². The molecule has 0 fully saturated rings. The lowest BCUT2D eigenvalue weighted by Crippen LogP contribution is -2.40. The van der Waals surface area contributed by atoms with Crippen molar-refractivity contribution in [3.8, 4) is 43.4 Å². The number of carboxylic acids is 2. The van der Waals surface area contributed by atoms with Crippen molar-refractivity contribution in [1.82, 2.24) is 61.5 Å². The molecule has 0 aliphatic carbocycles. The highest BCUT2D eigenvalue weighted by Crippen LogP contribution is 2.40. The maximum Gasteiger partial charge on any atom is 0.303 e. The number of aliphatic hydroxyl groups is 1. The first kappa shape index (κ1) is 63.3. The van der Waals surface area contributed by atoms with E-state index in [0.29, 0.717) is 68.7 Å². The predicted octanol–water partition coefficient (Wildman–Crippen LogP) is 7.76. The molecule has 0 saturated heterocycles. The van der Waals surface area contributed by atoms with E-state index in [0.717, 1.165) is 56.7 Å². The number of thiazole rings is 6. The summed E-state index contributed by atoms with van der Waals surface area (Å²) in [5, 5.41) is 53.3. The molecule has 87 heavy (non-hydrogen) atoms. The summed E-state index contributed by atoms with van der Waals surface area (Å²) in [5.74, 6) is -5.59. The molecule has 0 unspecified atom stereocenters. The molecule has 0 radical (unpaired) electrons. The second-order valence-corrected chi connectivity index (χ2v) is 25.7. The van der Waals surface area contributed by atoms with Gasteiger partial charge in [-0.3, -0.25) is 43.3 Å². The number of aryl methyl sites for hydroxylation is 1. The highest BCUT2D eigenvalue weighted by Gasteiger charge is 2.33. The maximum absolute atomic E-state index is 14.3. The minimum atomic E-state index is -1.31. The summed E-state index contributed by atoms with van der Waals surface area (Å²) >= 11 is 6.96. The highest BCUT2D eigenvalue weighted by molar-refractivity contribution is 7.15. The van der Waals surface area contributed by atoms with Crippen LogP contribution in [0.1, 0.15) is 138 Å². The van der Waals surface area contributed by atoms with Gasteiger partial charge in [-0.05, 0) is 43.4 Å². The summed E-state index contributed by atoms with van der Waals surface area (Å²) < 4.78 is 5.44. The van der Waals surface area contributed by atoms with Gasteiger partial charge in [0.05, 0.1) is 42.2 Å². The molecule has 31 heteroatoms. The molecule has 1 aliphatic heterocycles. The molecular formula is C56H57N13O12S6. The summed E-state index contributed by atoms with van der Waals surface area (Å²) in [6, 6.07) is 9.22. The van der Waals surface area contributed by atoms with Crippen LogP contribution in [-0.2, 0) is 35.3 Å². The summed E-state index contributed by atoms with van der Waals surface area (Å²) in [6.07, 6.45) is -1.95. The summed E-state index contributed by atoms with van der Waals surface area (Å²) in [7, 11) is 2.91. The number of aliphatic carboxylic acids is 2. The van der Waals surface area contributed by atoms with Crippen molar-refractivity contribution in [3.05, 3.63) is 111 Å². The minimum absolute atomic E-state index is 0.00728. The average Bonchev–Trinajstić information content (AvgIpc) is 2.70. The number of amides is 6. The fraction of sp³-hybridized carbons (Fsp3) is 0.339. The van der Waals surface area contributed by atoms with Crippen molar-refractivity contribution in [2.24, 2.45) is 5.92 Å². The van der Waals surface area contributed by atoms with E-state index in [1.807, 2.05) is 13.8 Å². The Morgan fingerprint density at radius 3 is 2.10 bits per heavy atom. The number of pyridine rings is 1. The Kier molecular flexibility index (Phi) is 20.8. The molecule has 0 saturated carbocycles. The number of hydrogen-bond donors (Lipinski definition) is 8. The third-order valence-electron chi connectivity index (χ3n) is 13.4. The van der Waals surface area contributed by atoms with Gasteiger partial charge in [-0.15, -0.1) is 68.0 Å². The van der Waals surface area contributed by atoms with Crippen LogP contribution < -0.4 is 31.5 Å². The average molecular weight is 1300 g/mol. The first-order valence-corrected chi connectivity index (χ1v) is 32.1. The van der Waals surface area contributed by atoms with Crippen molar-refractivity contribution in [2.75, 3.05) is 32.1 Å². The van der Waals surface area contributed by atoms with E-state index < -0.39 is 78.2 Å². The molecule has 10 bridgehead atoms. The number of aliphatic hydroxyl groups excluding tert-OH is 1. The Balaban J connectivity index is 1.13. The lowest BCUT2D eigenvalue weighted by Gasteiger charge is -2.23. The quantitative estimate of drug-likeness (QED) is 0.0431. The van der Waals surface area contributed by atoms with Crippen LogP contribution in [0.25, 0.3) is 43.4 Å². The van der Waals surface area contributed by atoms with E-state index in [1.165, 1.54) is 30.4 Å². The van der Waals surface area contributed by atoms with Crippen molar-refractivity contribution >= 4 is 121 Å². The molecule has 1 aliphatic rings. The summed E-state index contributed by atoms with van der Waals surface area (Å²) in [5.41, 5.74) is 2.31. The van der Waals surface area contributed by atoms with Gasteiger partial charge in [-0.1, -0.05) is 44.2 Å². The SMILES string of the molecule is CNC(=O)C[C@@H]1NC(=O)c2csc(n2)-c2ccc(-c3nc(N(CCCC(=O)O)C(=O)CCCC(=O)O)cs3)nc2-c2csc(n2)-c2csc(n2)[C@H]([C@@H](O)c2ccccc2)NC(=O)CNC(=O)c2nc(sc2COC)[C@H](C(C)C)NC(=O)c2nc1sc2C.